The van der Waals surface area contributed by atoms with Gasteiger partial charge in [0.15, 0.2) is 0 Å². The van der Waals surface area contributed by atoms with Gasteiger partial charge in [0.05, 0.1) is 19.4 Å². The molecule has 1 aromatic rings. The molecule has 142 valence electrons. The standard InChI is InChI=1S/C15H22N6O5/c16-5-12(22)18-7-13(23)21-3-1-2-11(21)14(24)20-10(15(25)26)4-9-6-17-8-19-9/h6,8,10-11H,1-5,7,16H2,(H,17,19)(H,18,22)(H,20,24)(H,25,26). The second-order valence-electron chi connectivity index (χ2n) is 5.91. The Morgan fingerprint density at radius 3 is 2.81 bits per heavy atom. The number of likely N-dealkylation sites (tertiary alicyclic amines) is 1. The number of carbonyl (C=O) groups is 4. The van der Waals surface area contributed by atoms with Crippen molar-refractivity contribution < 1.29 is 24.3 Å². The number of H-pyrrole nitrogens is 1. The second kappa shape index (κ2) is 8.94. The van der Waals surface area contributed by atoms with Crippen molar-refractivity contribution in [3.05, 3.63) is 18.2 Å². The fourth-order valence-electron chi connectivity index (χ4n) is 2.77. The van der Waals surface area contributed by atoms with Crippen molar-refractivity contribution in [1.82, 2.24) is 25.5 Å². The van der Waals surface area contributed by atoms with Crippen LogP contribution < -0.4 is 16.4 Å². The van der Waals surface area contributed by atoms with E-state index in [0.29, 0.717) is 25.1 Å². The monoisotopic (exact) mass is 366 g/mol. The van der Waals surface area contributed by atoms with E-state index < -0.39 is 35.8 Å². The van der Waals surface area contributed by atoms with Gasteiger partial charge < -0.3 is 31.4 Å². The normalized spacial score (nSPS) is 17.6. The van der Waals surface area contributed by atoms with Crippen LogP contribution in [-0.4, -0.2) is 75.4 Å². The first kappa shape index (κ1) is 19.4. The third kappa shape index (κ3) is 5.02. The molecule has 1 aliphatic heterocycles. The van der Waals surface area contributed by atoms with E-state index in [-0.39, 0.29) is 19.5 Å². The molecule has 0 aromatic carbocycles. The number of amides is 3. The third-order valence-corrected chi connectivity index (χ3v) is 4.09. The van der Waals surface area contributed by atoms with Gasteiger partial charge in [-0.3, -0.25) is 14.4 Å². The van der Waals surface area contributed by atoms with Gasteiger partial charge in [-0.15, -0.1) is 0 Å². The maximum Gasteiger partial charge on any atom is 0.326 e. The Hall–Kier alpha value is -2.95. The maximum absolute atomic E-state index is 12.5. The fraction of sp³-hybridized carbons (Fsp3) is 0.533. The zero-order valence-corrected chi connectivity index (χ0v) is 14.1. The van der Waals surface area contributed by atoms with Crippen LogP contribution in [0.25, 0.3) is 0 Å². The lowest BCUT2D eigenvalue weighted by Gasteiger charge is -2.25. The van der Waals surface area contributed by atoms with Crippen LogP contribution in [0.2, 0.25) is 0 Å². The first-order valence-electron chi connectivity index (χ1n) is 8.19. The Labute approximate surface area is 149 Å². The van der Waals surface area contributed by atoms with Gasteiger partial charge in [0.1, 0.15) is 12.1 Å². The van der Waals surface area contributed by atoms with E-state index in [0.717, 1.165) is 0 Å². The molecule has 0 saturated carbocycles. The quantitative estimate of drug-likeness (QED) is 0.341. The molecule has 1 aromatic heterocycles. The first-order chi connectivity index (χ1) is 12.4. The Morgan fingerprint density at radius 1 is 1.42 bits per heavy atom. The highest BCUT2D eigenvalue weighted by Crippen LogP contribution is 2.17. The average Bonchev–Trinajstić information content (AvgIpc) is 3.29. The number of aliphatic carboxylic acids is 1. The minimum atomic E-state index is -1.18. The summed E-state index contributed by atoms with van der Waals surface area (Å²) in [5, 5.41) is 14.2. The lowest BCUT2D eigenvalue weighted by atomic mass is 10.1. The molecule has 11 heteroatoms. The number of carboxylic acids is 1. The minimum Gasteiger partial charge on any atom is -0.480 e. The number of nitrogens with two attached hydrogens (primary N) is 1. The highest BCUT2D eigenvalue weighted by Gasteiger charge is 2.35. The molecular formula is C15H22N6O5. The molecule has 0 aliphatic carbocycles. The molecule has 2 unspecified atom stereocenters. The summed E-state index contributed by atoms with van der Waals surface area (Å²) in [6, 6.07) is -1.90. The summed E-state index contributed by atoms with van der Waals surface area (Å²) < 4.78 is 0. The molecule has 1 fully saturated rings. The Bertz CT molecular complexity index is 661. The van der Waals surface area contributed by atoms with E-state index in [4.69, 9.17) is 5.73 Å². The van der Waals surface area contributed by atoms with Crippen LogP contribution in [-0.2, 0) is 25.6 Å². The molecule has 1 saturated heterocycles. The molecule has 0 spiro atoms. The molecule has 2 atom stereocenters. The van der Waals surface area contributed by atoms with Gasteiger partial charge in [-0.2, -0.15) is 0 Å². The van der Waals surface area contributed by atoms with Crippen molar-refractivity contribution in [3.63, 3.8) is 0 Å². The van der Waals surface area contributed by atoms with Crippen LogP contribution >= 0.6 is 0 Å². The number of aromatic amines is 1. The molecule has 3 amide bonds. The van der Waals surface area contributed by atoms with Crippen molar-refractivity contribution in [3.8, 4) is 0 Å². The van der Waals surface area contributed by atoms with Crippen molar-refractivity contribution in [2.24, 2.45) is 5.73 Å². The highest BCUT2D eigenvalue weighted by molar-refractivity contribution is 5.92. The largest absolute Gasteiger partial charge is 0.480 e. The average molecular weight is 366 g/mol. The van der Waals surface area contributed by atoms with Gasteiger partial charge in [0.25, 0.3) is 0 Å². The van der Waals surface area contributed by atoms with Crippen LogP contribution in [0.4, 0.5) is 0 Å². The second-order valence-corrected chi connectivity index (χ2v) is 5.91. The van der Waals surface area contributed by atoms with Crippen molar-refractivity contribution in [2.45, 2.75) is 31.3 Å². The molecule has 2 heterocycles. The molecule has 0 bridgehead atoms. The number of nitrogens with one attached hydrogen (secondary N) is 3. The lowest BCUT2D eigenvalue weighted by molar-refractivity contribution is -0.144. The molecular weight excluding hydrogens is 344 g/mol. The summed E-state index contributed by atoms with van der Waals surface area (Å²) >= 11 is 0. The number of aromatic nitrogens is 2. The van der Waals surface area contributed by atoms with Crippen molar-refractivity contribution in [2.75, 3.05) is 19.6 Å². The maximum atomic E-state index is 12.5. The van der Waals surface area contributed by atoms with E-state index in [1.165, 1.54) is 17.4 Å². The summed E-state index contributed by atoms with van der Waals surface area (Å²) in [4.78, 5) is 55.2. The number of carbonyl (C=O) groups excluding carboxylic acids is 3. The molecule has 11 nitrogen and oxygen atoms in total. The topological polar surface area (TPSA) is 171 Å². The van der Waals surface area contributed by atoms with Crippen LogP contribution in [0.5, 0.6) is 0 Å². The summed E-state index contributed by atoms with van der Waals surface area (Å²) in [5.74, 6) is -2.60. The Balaban J connectivity index is 1.96. The zero-order valence-electron chi connectivity index (χ0n) is 14.1. The Morgan fingerprint density at radius 2 is 2.19 bits per heavy atom. The van der Waals surface area contributed by atoms with Crippen LogP contribution in [0.3, 0.4) is 0 Å². The summed E-state index contributed by atoms with van der Waals surface area (Å²) in [6.07, 6.45) is 4.00. The number of rotatable bonds is 8. The van der Waals surface area contributed by atoms with Gasteiger partial charge in [-0.25, -0.2) is 9.78 Å². The van der Waals surface area contributed by atoms with Gasteiger partial charge in [-0.1, -0.05) is 0 Å². The van der Waals surface area contributed by atoms with E-state index >= 15 is 0 Å². The minimum absolute atomic E-state index is 0.0499. The molecule has 6 N–H and O–H groups in total. The van der Waals surface area contributed by atoms with Gasteiger partial charge in [0, 0.05) is 24.9 Å². The molecule has 1 aliphatic rings. The van der Waals surface area contributed by atoms with Crippen LogP contribution in [0, 0.1) is 0 Å². The SMILES string of the molecule is NCC(=O)NCC(=O)N1CCCC1C(=O)NC(Cc1cnc[nH]1)C(=O)O. The molecule has 26 heavy (non-hydrogen) atoms. The van der Waals surface area contributed by atoms with Gasteiger partial charge >= 0.3 is 5.97 Å². The number of nitrogens with zero attached hydrogens (tertiary/aromatic N) is 2. The highest BCUT2D eigenvalue weighted by atomic mass is 16.4. The smallest absolute Gasteiger partial charge is 0.326 e. The first-order valence-corrected chi connectivity index (χ1v) is 8.19. The van der Waals surface area contributed by atoms with Crippen molar-refractivity contribution >= 4 is 23.7 Å². The summed E-state index contributed by atoms with van der Waals surface area (Å²) in [6.45, 7) is -0.116. The van der Waals surface area contributed by atoms with E-state index in [9.17, 15) is 24.3 Å². The van der Waals surface area contributed by atoms with E-state index in [1.807, 2.05) is 0 Å². The molecule has 0 radical (unpaired) electrons. The zero-order chi connectivity index (χ0) is 19.1. The van der Waals surface area contributed by atoms with Gasteiger partial charge in [-0.05, 0) is 12.8 Å². The van der Waals surface area contributed by atoms with E-state index in [1.54, 1.807) is 0 Å². The van der Waals surface area contributed by atoms with Crippen molar-refractivity contribution in [1.29, 1.82) is 0 Å². The van der Waals surface area contributed by atoms with Gasteiger partial charge in [0.2, 0.25) is 17.7 Å². The van der Waals surface area contributed by atoms with E-state index in [2.05, 4.69) is 20.6 Å². The predicted octanol–water partition coefficient (Wildman–Crippen LogP) is -2.41. The number of imidazole rings is 1. The summed E-state index contributed by atoms with van der Waals surface area (Å²) in [5.41, 5.74) is 5.73. The number of carboxylic acid groups (broad SMARTS) is 1. The number of hydrogen-bond acceptors (Lipinski definition) is 6. The Kier molecular flexibility index (Phi) is 6.67. The molecule has 2 rings (SSSR count). The number of hydrogen-bond donors (Lipinski definition) is 5. The van der Waals surface area contributed by atoms with Crippen LogP contribution in [0.15, 0.2) is 12.5 Å². The lowest BCUT2D eigenvalue weighted by Crippen LogP contribution is -2.53. The van der Waals surface area contributed by atoms with Crippen LogP contribution in [0.1, 0.15) is 18.5 Å². The fourth-order valence-corrected chi connectivity index (χ4v) is 2.77. The predicted molar refractivity (Wildman–Crippen MR) is 88.7 cm³/mol. The third-order valence-electron chi connectivity index (χ3n) is 4.09. The summed E-state index contributed by atoms with van der Waals surface area (Å²) in [7, 11) is 0.